The minimum atomic E-state index is -1.24. The largest absolute Gasteiger partial charge is 0.488 e. The first-order valence-corrected chi connectivity index (χ1v) is 6.92. The maximum absolute atomic E-state index is 11.1. The van der Waals surface area contributed by atoms with E-state index in [1.807, 2.05) is 42.5 Å². The topological polar surface area (TPSA) is 87.1 Å². The van der Waals surface area contributed by atoms with Crippen LogP contribution in [0.4, 0.5) is 4.79 Å². The van der Waals surface area contributed by atoms with Gasteiger partial charge in [0.25, 0.3) is 0 Å². The van der Waals surface area contributed by atoms with Crippen molar-refractivity contribution in [1.82, 2.24) is 4.90 Å². The first-order chi connectivity index (χ1) is 10.5. The fourth-order valence-corrected chi connectivity index (χ4v) is 2.76. The van der Waals surface area contributed by atoms with E-state index in [1.165, 1.54) is 0 Å². The van der Waals surface area contributed by atoms with Crippen LogP contribution < -0.4 is 4.74 Å². The number of benzene rings is 2. The number of fused-ring (bicyclic) bond motifs is 1. The van der Waals surface area contributed by atoms with Gasteiger partial charge in [-0.05, 0) is 22.9 Å². The van der Waals surface area contributed by atoms with E-state index in [0.717, 1.165) is 15.7 Å². The molecular weight excluding hydrogens is 286 g/mol. The molecule has 0 aliphatic carbocycles. The predicted octanol–water partition coefficient (Wildman–Crippen LogP) is 2.42. The second kappa shape index (κ2) is 5.55. The Kier molecular flexibility index (Phi) is 3.58. The van der Waals surface area contributed by atoms with Gasteiger partial charge in [-0.3, -0.25) is 4.90 Å². The molecule has 1 aliphatic rings. The maximum atomic E-state index is 11.1. The van der Waals surface area contributed by atoms with Crippen molar-refractivity contribution >= 4 is 22.8 Å². The number of carbonyl (C=O) groups is 2. The highest BCUT2D eigenvalue weighted by molar-refractivity contribution is 5.83. The molecule has 0 radical (unpaired) electrons. The molecule has 2 N–H and O–H groups in total. The number of amides is 1. The minimum absolute atomic E-state index is 0.0547. The summed E-state index contributed by atoms with van der Waals surface area (Å²) in [6, 6.07) is 12.4. The molecule has 6 nitrogen and oxygen atoms in total. The molecule has 1 amide bonds. The van der Waals surface area contributed by atoms with Gasteiger partial charge in [0.15, 0.2) is 0 Å². The van der Waals surface area contributed by atoms with Gasteiger partial charge < -0.3 is 14.9 Å². The third kappa shape index (κ3) is 2.67. The summed E-state index contributed by atoms with van der Waals surface area (Å²) in [5, 5.41) is 20.3. The SMILES string of the molecule is O=C(O)[C@H]1C[C@H](Oc2ccc3ccccc3c2)CN1C(=O)O. The molecule has 0 saturated carbocycles. The zero-order chi connectivity index (χ0) is 15.7. The van der Waals surface area contributed by atoms with Crippen molar-refractivity contribution in [2.24, 2.45) is 0 Å². The molecule has 3 rings (SSSR count). The van der Waals surface area contributed by atoms with E-state index >= 15 is 0 Å². The molecule has 1 fully saturated rings. The summed E-state index contributed by atoms with van der Waals surface area (Å²) in [6.45, 7) is 0.0547. The van der Waals surface area contributed by atoms with Crippen LogP contribution in [0.5, 0.6) is 5.75 Å². The van der Waals surface area contributed by atoms with Crippen molar-refractivity contribution in [3.63, 3.8) is 0 Å². The van der Waals surface area contributed by atoms with Crippen molar-refractivity contribution < 1.29 is 24.5 Å². The molecule has 22 heavy (non-hydrogen) atoms. The van der Waals surface area contributed by atoms with Crippen LogP contribution in [-0.4, -0.2) is 45.9 Å². The lowest BCUT2D eigenvalue weighted by Crippen LogP contribution is -2.39. The number of nitrogens with zero attached hydrogens (tertiary/aromatic N) is 1. The minimum Gasteiger partial charge on any atom is -0.488 e. The third-order valence-electron chi connectivity index (χ3n) is 3.82. The zero-order valence-electron chi connectivity index (χ0n) is 11.7. The van der Waals surface area contributed by atoms with Crippen molar-refractivity contribution in [2.75, 3.05) is 6.54 Å². The maximum Gasteiger partial charge on any atom is 0.408 e. The molecule has 1 saturated heterocycles. The number of carboxylic acid groups (broad SMARTS) is 2. The molecule has 0 unspecified atom stereocenters. The number of aliphatic carboxylic acids is 1. The van der Waals surface area contributed by atoms with E-state index in [0.29, 0.717) is 5.75 Å². The van der Waals surface area contributed by atoms with Crippen LogP contribution >= 0.6 is 0 Å². The third-order valence-corrected chi connectivity index (χ3v) is 3.82. The normalized spacial score (nSPS) is 21.0. The Morgan fingerprint density at radius 1 is 1.09 bits per heavy atom. The summed E-state index contributed by atoms with van der Waals surface area (Å²) < 4.78 is 5.78. The van der Waals surface area contributed by atoms with Crippen molar-refractivity contribution in [3.8, 4) is 5.75 Å². The molecule has 2 aromatic carbocycles. The highest BCUT2D eigenvalue weighted by Crippen LogP contribution is 2.26. The zero-order valence-corrected chi connectivity index (χ0v) is 11.7. The van der Waals surface area contributed by atoms with Crippen LogP contribution in [0.25, 0.3) is 10.8 Å². The summed E-state index contributed by atoms with van der Waals surface area (Å²) in [7, 11) is 0. The second-order valence-electron chi connectivity index (χ2n) is 5.27. The van der Waals surface area contributed by atoms with Crippen molar-refractivity contribution in [2.45, 2.75) is 18.6 Å². The van der Waals surface area contributed by atoms with Crippen LogP contribution in [0.3, 0.4) is 0 Å². The van der Waals surface area contributed by atoms with E-state index in [-0.39, 0.29) is 13.0 Å². The van der Waals surface area contributed by atoms with Gasteiger partial charge in [0.1, 0.15) is 17.9 Å². The highest BCUT2D eigenvalue weighted by atomic mass is 16.5. The Balaban J connectivity index is 1.77. The molecule has 1 heterocycles. The van der Waals surface area contributed by atoms with E-state index in [4.69, 9.17) is 14.9 Å². The average Bonchev–Trinajstić information content (AvgIpc) is 2.91. The van der Waals surface area contributed by atoms with Gasteiger partial charge in [0, 0.05) is 6.42 Å². The monoisotopic (exact) mass is 301 g/mol. The molecule has 114 valence electrons. The lowest BCUT2D eigenvalue weighted by molar-refractivity contribution is -0.141. The highest BCUT2D eigenvalue weighted by Gasteiger charge is 2.40. The van der Waals surface area contributed by atoms with Crippen molar-refractivity contribution in [1.29, 1.82) is 0 Å². The summed E-state index contributed by atoms with van der Waals surface area (Å²) in [4.78, 5) is 23.1. The smallest absolute Gasteiger partial charge is 0.408 e. The molecule has 1 aliphatic heterocycles. The number of carboxylic acids is 1. The fraction of sp³-hybridized carbons (Fsp3) is 0.250. The Hall–Kier alpha value is -2.76. The molecule has 2 atom stereocenters. The van der Waals surface area contributed by atoms with Gasteiger partial charge in [-0.15, -0.1) is 0 Å². The molecule has 6 heteroatoms. The van der Waals surface area contributed by atoms with E-state index in [1.54, 1.807) is 0 Å². The molecule has 2 aromatic rings. The Labute approximate surface area is 126 Å². The van der Waals surface area contributed by atoms with Gasteiger partial charge >= 0.3 is 12.1 Å². The van der Waals surface area contributed by atoms with E-state index in [2.05, 4.69) is 0 Å². The summed E-state index contributed by atoms with van der Waals surface area (Å²) in [6.07, 6.45) is -1.55. The standard InChI is InChI=1S/C16H15NO5/c18-15(19)14-8-13(9-17(14)16(20)21)22-12-6-5-10-3-1-2-4-11(10)7-12/h1-7,13-14H,8-9H2,(H,18,19)(H,20,21)/t13-,14+/m0/s1. The first kappa shape index (κ1) is 14.2. The fourth-order valence-electron chi connectivity index (χ4n) is 2.76. The van der Waals surface area contributed by atoms with Crippen LogP contribution in [-0.2, 0) is 4.79 Å². The van der Waals surface area contributed by atoms with Gasteiger partial charge in [-0.25, -0.2) is 9.59 Å². The van der Waals surface area contributed by atoms with Crippen LogP contribution in [0.15, 0.2) is 42.5 Å². The second-order valence-corrected chi connectivity index (χ2v) is 5.27. The molecular formula is C16H15NO5. The predicted molar refractivity (Wildman–Crippen MR) is 79.1 cm³/mol. The van der Waals surface area contributed by atoms with E-state index in [9.17, 15) is 9.59 Å². The molecule has 0 spiro atoms. The van der Waals surface area contributed by atoms with Crippen LogP contribution in [0.2, 0.25) is 0 Å². The van der Waals surface area contributed by atoms with Gasteiger partial charge in [-0.2, -0.15) is 0 Å². The average molecular weight is 301 g/mol. The molecule has 0 aromatic heterocycles. The van der Waals surface area contributed by atoms with Crippen molar-refractivity contribution in [3.05, 3.63) is 42.5 Å². The lowest BCUT2D eigenvalue weighted by atomic mass is 10.1. The van der Waals surface area contributed by atoms with E-state index < -0.39 is 24.2 Å². The Morgan fingerprint density at radius 2 is 1.82 bits per heavy atom. The number of rotatable bonds is 3. The number of ether oxygens (including phenoxy) is 1. The van der Waals surface area contributed by atoms with Gasteiger partial charge in [0.2, 0.25) is 0 Å². The summed E-state index contributed by atoms with van der Waals surface area (Å²) >= 11 is 0. The van der Waals surface area contributed by atoms with Gasteiger partial charge in [-0.1, -0.05) is 30.3 Å². The number of hydrogen-bond acceptors (Lipinski definition) is 3. The molecule has 0 bridgehead atoms. The number of likely N-dealkylation sites (tertiary alicyclic amines) is 1. The Bertz CT molecular complexity index is 707. The summed E-state index contributed by atoms with van der Waals surface area (Å²) in [5.74, 6) is -0.535. The van der Waals surface area contributed by atoms with Gasteiger partial charge in [0.05, 0.1) is 6.54 Å². The summed E-state index contributed by atoms with van der Waals surface area (Å²) in [5.41, 5.74) is 0. The first-order valence-electron chi connectivity index (χ1n) is 6.92. The lowest BCUT2D eigenvalue weighted by Gasteiger charge is -2.16. The quantitative estimate of drug-likeness (QED) is 0.909. The van der Waals surface area contributed by atoms with Crippen LogP contribution in [0.1, 0.15) is 6.42 Å². The Morgan fingerprint density at radius 3 is 2.45 bits per heavy atom. The number of hydrogen-bond donors (Lipinski definition) is 2. The van der Waals surface area contributed by atoms with Crippen LogP contribution in [0, 0.1) is 0 Å².